The second-order valence-corrected chi connectivity index (χ2v) is 20.6. The maximum absolute atomic E-state index is 15.9. The van der Waals surface area contributed by atoms with E-state index in [1.807, 2.05) is 39.8 Å². The SMILES string of the molecule is Cc1cc(-c2n[nH]c3ccc(-c4ccc(N5CCC(CN6CC7CCC6CN7c6cc7c(cc6F)C(=O)N(C6CCC(=O)NC6=O)C7=O)CC5)cc4)cc23)ccc1CNC(=O)c1nc(C(C)(C)C)no1. The van der Waals surface area contributed by atoms with Crippen LogP contribution in [-0.4, -0.2) is 111 Å². The Morgan fingerprint density at radius 2 is 1.57 bits per heavy atom. The molecule has 6 aliphatic heterocycles. The lowest BCUT2D eigenvalue weighted by atomic mass is 9.87. The summed E-state index contributed by atoms with van der Waals surface area (Å²) in [6.07, 6.45) is 4.16. The van der Waals surface area contributed by atoms with Gasteiger partial charge in [-0.25, -0.2) is 4.39 Å². The van der Waals surface area contributed by atoms with E-state index in [-0.39, 0.29) is 47.4 Å². The molecule has 0 spiro atoms. The fourth-order valence-electron chi connectivity index (χ4n) is 11.0. The Labute approximate surface area is 403 Å². The second-order valence-electron chi connectivity index (χ2n) is 20.6. The number of piperidine rings is 4. The summed E-state index contributed by atoms with van der Waals surface area (Å²) in [5, 5.41) is 18.0. The zero-order valence-electron chi connectivity index (χ0n) is 39.7. The molecule has 3 N–H and O–H groups in total. The lowest BCUT2D eigenvalue weighted by molar-refractivity contribution is -0.136. The van der Waals surface area contributed by atoms with Crippen molar-refractivity contribution in [3.05, 3.63) is 113 Å². The molecular formula is C53H55FN10O6. The maximum atomic E-state index is 15.9. The van der Waals surface area contributed by atoms with Crippen molar-refractivity contribution in [3.63, 3.8) is 0 Å². The predicted molar refractivity (Wildman–Crippen MR) is 260 cm³/mol. The average molecular weight is 947 g/mol. The Morgan fingerprint density at radius 1 is 0.843 bits per heavy atom. The number of rotatable bonds is 10. The fourth-order valence-corrected chi connectivity index (χ4v) is 11.0. The number of piperazine rings is 1. The van der Waals surface area contributed by atoms with Gasteiger partial charge in [-0.3, -0.25) is 44.2 Å². The van der Waals surface area contributed by atoms with E-state index in [1.165, 1.54) is 11.8 Å². The fraction of sp³-hybridized carbons (Fsp3) is 0.396. The summed E-state index contributed by atoms with van der Waals surface area (Å²) < 4.78 is 21.1. The molecule has 0 radical (unpaired) electrons. The number of carbonyl (C=O) groups excluding carboxylic acids is 5. The molecule has 5 saturated heterocycles. The molecule has 2 aromatic heterocycles. The number of aromatic amines is 1. The van der Waals surface area contributed by atoms with E-state index in [4.69, 9.17) is 9.62 Å². The zero-order chi connectivity index (χ0) is 48.6. The Hall–Kier alpha value is -7.27. The first-order chi connectivity index (χ1) is 33.7. The van der Waals surface area contributed by atoms with Gasteiger partial charge >= 0.3 is 11.8 Å². The molecule has 6 aromatic rings. The molecule has 17 heteroatoms. The number of hydrogen-bond donors (Lipinski definition) is 3. The normalized spacial score (nSPS) is 21.0. The smallest absolute Gasteiger partial charge is 0.315 e. The van der Waals surface area contributed by atoms with E-state index in [9.17, 15) is 24.0 Å². The molecule has 0 saturated carbocycles. The Bertz CT molecular complexity index is 3100. The van der Waals surface area contributed by atoms with Crippen molar-refractivity contribution >= 4 is 51.8 Å². The van der Waals surface area contributed by atoms with Crippen LogP contribution in [-0.2, 0) is 21.5 Å². The minimum atomic E-state index is -1.10. The topological polar surface area (TPSA) is 190 Å². The third kappa shape index (κ3) is 8.28. The number of fused-ring (bicyclic) bond motifs is 5. The average Bonchev–Trinajstić information content (AvgIpc) is 4.09. The summed E-state index contributed by atoms with van der Waals surface area (Å²) in [5.41, 5.74) is 8.24. The van der Waals surface area contributed by atoms with Crippen LogP contribution in [0.4, 0.5) is 15.8 Å². The van der Waals surface area contributed by atoms with Gasteiger partial charge in [0.15, 0.2) is 5.82 Å². The van der Waals surface area contributed by atoms with E-state index in [0.717, 1.165) is 107 Å². The summed E-state index contributed by atoms with van der Waals surface area (Å²) in [6, 6.07) is 23.2. The van der Waals surface area contributed by atoms with Crippen LogP contribution < -0.4 is 20.4 Å². The quantitative estimate of drug-likeness (QED) is 0.120. The monoisotopic (exact) mass is 946 g/mol. The number of nitrogens with one attached hydrogen (secondary N) is 3. The minimum Gasteiger partial charge on any atom is -0.372 e. The number of hydrogen-bond acceptors (Lipinski definition) is 12. The molecule has 16 nitrogen and oxygen atoms in total. The third-order valence-electron chi connectivity index (χ3n) is 15.0. The van der Waals surface area contributed by atoms with Gasteiger partial charge in [0.25, 0.3) is 11.8 Å². The van der Waals surface area contributed by atoms with Crippen LogP contribution in [0.3, 0.4) is 0 Å². The highest BCUT2D eigenvalue weighted by atomic mass is 19.1. The van der Waals surface area contributed by atoms with E-state index in [2.05, 4.69) is 89.1 Å². The Balaban J connectivity index is 0.690. The maximum Gasteiger partial charge on any atom is 0.315 e. The number of nitrogens with zero attached hydrogens (tertiary/aromatic N) is 7. The number of halogens is 1. The summed E-state index contributed by atoms with van der Waals surface area (Å²) in [5.74, 6) is -2.45. The van der Waals surface area contributed by atoms with Crippen molar-refractivity contribution in [1.29, 1.82) is 0 Å². The summed E-state index contributed by atoms with van der Waals surface area (Å²) >= 11 is 0. The van der Waals surface area contributed by atoms with E-state index in [0.29, 0.717) is 30.5 Å². The molecule has 12 rings (SSSR count). The number of anilines is 2. The zero-order valence-corrected chi connectivity index (χ0v) is 39.7. The lowest BCUT2D eigenvalue weighted by Gasteiger charge is -2.53. The van der Waals surface area contributed by atoms with Crippen molar-refractivity contribution in [2.75, 3.05) is 42.5 Å². The van der Waals surface area contributed by atoms with Gasteiger partial charge in [0.05, 0.1) is 28.0 Å². The van der Waals surface area contributed by atoms with Crippen LogP contribution in [0.5, 0.6) is 0 Å². The van der Waals surface area contributed by atoms with E-state index in [1.54, 1.807) is 0 Å². The van der Waals surface area contributed by atoms with Crippen molar-refractivity contribution in [1.82, 2.24) is 40.8 Å². The Morgan fingerprint density at radius 3 is 2.27 bits per heavy atom. The van der Waals surface area contributed by atoms with Crippen molar-refractivity contribution in [2.24, 2.45) is 5.92 Å². The first-order valence-corrected chi connectivity index (χ1v) is 24.3. The van der Waals surface area contributed by atoms with Crippen molar-refractivity contribution in [3.8, 4) is 22.4 Å². The molecule has 70 heavy (non-hydrogen) atoms. The largest absolute Gasteiger partial charge is 0.372 e. The van der Waals surface area contributed by atoms with Gasteiger partial charge in [0.2, 0.25) is 11.8 Å². The number of aryl methyl sites for hydroxylation is 1. The standard InChI is InChI=1S/C53H55FN10O6/c1-29-21-33(5-6-34(29)25-55-48(67)49-57-52(60-70-49)53(2,3)4)46-40-22-32(9-14-42(40)58-59-46)31-7-10-35(11-8-31)61-19-17-30(18-20-61)26-62-27-37-13-12-36(62)28-63(37)44-24-39-38(23-41(44)54)50(68)64(51(39)69)43-15-16-45(65)56-47(43)66/h5-11,14,21-24,30,36-37,43H,12-13,15-20,25-28H2,1-4H3,(H,55,67)(H,58,59)(H,56,65,66). The molecule has 5 fully saturated rings. The molecule has 0 aliphatic carbocycles. The van der Waals surface area contributed by atoms with Gasteiger partial charge in [0.1, 0.15) is 11.9 Å². The van der Waals surface area contributed by atoms with E-state index >= 15 is 4.39 Å². The van der Waals surface area contributed by atoms with Crippen LogP contribution in [0.1, 0.15) is 108 Å². The molecule has 2 bridgehead atoms. The van der Waals surface area contributed by atoms with Crippen molar-refractivity contribution < 1.29 is 32.9 Å². The molecule has 5 amide bonds. The number of aromatic nitrogens is 4. The highest BCUT2D eigenvalue weighted by molar-refractivity contribution is 6.23. The first-order valence-electron chi connectivity index (χ1n) is 24.3. The number of imide groups is 2. The van der Waals surface area contributed by atoms with Gasteiger partial charge in [0, 0.05) is 79.8 Å². The summed E-state index contributed by atoms with van der Waals surface area (Å²) in [4.78, 5) is 76.1. The molecule has 3 atom stereocenters. The van der Waals surface area contributed by atoms with Gasteiger partial charge in [-0.1, -0.05) is 56.3 Å². The third-order valence-corrected chi connectivity index (χ3v) is 15.0. The molecule has 6 aliphatic rings. The molecule has 4 aromatic carbocycles. The highest BCUT2D eigenvalue weighted by Gasteiger charge is 2.47. The minimum absolute atomic E-state index is 0.0227. The second kappa shape index (κ2) is 17.6. The van der Waals surface area contributed by atoms with Gasteiger partial charge in [-0.05, 0) is 110 Å². The van der Waals surface area contributed by atoms with Gasteiger partial charge in [-0.15, -0.1) is 0 Å². The molecule has 3 unspecified atom stereocenters. The van der Waals surface area contributed by atoms with Crippen LogP contribution in [0.2, 0.25) is 0 Å². The van der Waals surface area contributed by atoms with E-state index < -0.39 is 41.4 Å². The first kappa shape index (κ1) is 45.2. The molecule has 8 heterocycles. The summed E-state index contributed by atoms with van der Waals surface area (Å²) in [6.45, 7) is 12.6. The van der Waals surface area contributed by atoms with Gasteiger partial charge in [-0.2, -0.15) is 10.1 Å². The lowest BCUT2D eigenvalue weighted by Crippen LogP contribution is -2.63. The van der Waals surface area contributed by atoms with Crippen LogP contribution in [0.25, 0.3) is 33.3 Å². The van der Waals surface area contributed by atoms with Crippen LogP contribution in [0.15, 0.2) is 77.3 Å². The Kier molecular flexibility index (Phi) is 11.4. The number of carbonyl (C=O) groups is 5. The number of amides is 5. The highest BCUT2D eigenvalue weighted by Crippen LogP contribution is 2.39. The summed E-state index contributed by atoms with van der Waals surface area (Å²) in [7, 11) is 0. The number of benzene rings is 4. The predicted octanol–water partition coefficient (Wildman–Crippen LogP) is 6.93. The number of H-pyrrole nitrogens is 1. The molecular weight excluding hydrogens is 892 g/mol. The van der Waals surface area contributed by atoms with Gasteiger partial charge < -0.3 is 19.6 Å². The van der Waals surface area contributed by atoms with Crippen LogP contribution in [0, 0.1) is 18.7 Å². The van der Waals surface area contributed by atoms with Crippen molar-refractivity contribution in [2.45, 2.75) is 96.3 Å². The van der Waals surface area contributed by atoms with Crippen LogP contribution >= 0.6 is 0 Å². The molecule has 360 valence electrons.